The molecule has 3 rings (SSSR count). The van der Waals surface area contributed by atoms with Crippen LogP contribution in [0, 0.1) is 5.92 Å². The zero-order chi connectivity index (χ0) is 13.4. The molecule has 1 aromatic carbocycles. The molecule has 0 bridgehead atoms. The zero-order valence-corrected chi connectivity index (χ0v) is 11.3. The first kappa shape index (κ1) is 12.4. The summed E-state index contributed by atoms with van der Waals surface area (Å²) in [6.07, 6.45) is 1.17. The predicted octanol–water partition coefficient (Wildman–Crippen LogP) is 1.00. The topological polar surface area (TPSA) is 59.2 Å². The maximum absolute atomic E-state index is 11.5. The third kappa shape index (κ3) is 2.09. The van der Waals surface area contributed by atoms with Gasteiger partial charge in [0.1, 0.15) is 0 Å². The van der Waals surface area contributed by atoms with Crippen LogP contribution in [-0.2, 0) is 7.05 Å². The monoisotopic (exact) mass is 261 g/mol. The summed E-state index contributed by atoms with van der Waals surface area (Å²) in [4.78, 5) is 11.5. The number of fused-ring (bicyclic) bond motifs is 1. The number of rotatable bonds is 3. The number of benzene rings is 1. The Kier molecular flexibility index (Phi) is 3.16. The molecule has 1 aromatic heterocycles. The van der Waals surface area contributed by atoms with Gasteiger partial charge < -0.3 is 15.1 Å². The molecule has 0 saturated carbocycles. The number of hydrogen-bond donors (Lipinski definition) is 2. The van der Waals surface area contributed by atoms with Crippen molar-refractivity contribution in [3.63, 3.8) is 0 Å². The standard InChI is InChI=1S/C14H19N3O2/c1-15-13(10-5-6-16-8-10)9-3-4-11-12(7-9)19-14(18)17(11)2/h3-4,7,10,13,15-16H,5-6,8H2,1-2H3. The number of nitrogens with one attached hydrogen (secondary N) is 2. The molecular weight excluding hydrogens is 242 g/mol. The van der Waals surface area contributed by atoms with Crippen LogP contribution in [0.15, 0.2) is 27.4 Å². The van der Waals surface area contributed by atoms with Gasteiger partial charge in [-0.15, -0.1) is 0 Å². The lowest BCUT2D eigenvalue weighted by molar-refractivity contribution is 0.410. The van der Waals surface area contributed by atoms with Crippen molar-refractivity contribution in [3.05, 3.63) is 34.3 Å². The molecule has 1 fully saturated rings. The van der Waals surface area contributed by atoms with Crippen LogP contribution in [0.5, 0.6) is 0 Å². The molecule has 2 aromatic rings. The highest BCUT2D eigenvalue weighted by molar-refractivity contribution is 5.73. The van der Waals surface area contributed by atoms with Crippen LogP contribution in [0.25, 0.3) is 11.1 Å². The highest BCUT2D eigenvalue weighted by atomic mass is 16.4. The van der Waals surface area contributed by atoms with E-state index in [1.54, 1.807) is 7.05 Å². The van der Waals surface area contributed by atoms with E-state index in [9.17, 15) is 4.79 Å². The maximum Gasteiger partial charge on any atom is 0.419 e. The zero-order valence-electron chi connectivity index (χ0n) is 11.3. The molecule has 0 radical (unpaired) electrons. The number of oxazole rings is 1. The van der Waals surface area contributed by atoms with E-state index in [0.717, 1.165) is 18.6 Å². The average Bonchev–Trinajstić information content (AvgIpc) is 3.01. The third-order valence-electron chi connectivity index (χ3n) is 4.06. The number of nitrogens with zero attached hydrogens (tertiary/aromatic N) is 1. The fourth-order valence-electron chi connectivity index (χ4n) is 2.98. The molecule has 0 spiro atoms. The minimum absolute atomic E-state index is 0.296. The quantitative estimate of drug-likeness (QED) is 0.865. The van der Waals surface area contributed by atoms with Gasteiger partial charge in [-0.1, -0.05) is 6.07 Å². The van der Waals surface area contributed by atoms with Crippen molar-refractivity contribution in [1.82, 2.24) is 15.2 Å². The Morgan fingerprint density at radius 3 is 3.05 bits per heavy atom. The van der Waals surface area contributed by atoms with Crippen LogP contribution in [0.1, 0.15) is 18.0 Å². The first-order chi connectivity index (χ1) is 9.20. The molecule has 5 nitrogen and oxygen atoms in total. The molecule has 0 amide bonds. The fraction of sp³-hybridized carbons (Fsp3) is 0.500. The summed E-state index contributed by atoms with van der Waals surface area (Å²) in [6, 6.07) is 6.32. The van der Waals surface area contributed by atoms with Gasteiger partial charge in [0.2, 0.25) is 0 Å². The Bertz CT molecular complexity index is 638. The van der Waals surface area contributed by atoms with E-state index in [4.69, 9.17) is 4.42 Å². The molecule has 0 aliphatic carbocycles. The molecule has 2 N–H and O–H groups in total. The molecule has 19 heavy (non-hydrogen) atoms. The van der Waals surface area contributed by atoms with Crippen LogP contribution < -0.4 is 16.4 Å². The molecule has 5 heteroatoms. The molecule has 2 heterocycles. The van der Waals surface area contributed by atoms with Crippen LogP contribution in [0.3, 0.4) is 0 Å². The van der Waals surface area contributed by atoms with Crippen molar-refractivity contribution in [2.45, 2.75) is 12.5 Å². The lowest BCUT2D eigenvalue weighted by atomic mass is 9.92. The fourth-order valence-corrected chi connectivity index (χ4v) is 2.98. The second-order valence-corrected chi connectivity index (χ2v) is 5.17. The molecule has 2 unspecified atom stereocenters. The van der Waals surface area contributed by atoms with E-state index in [1.165, 1.54) is 16.6 Å². The van der Waals surface area contributed by atoms with Crippen LogP contribution in [0.4, 0.5) is 0 Å². The second kappa shape index (κ2) is 4.83. The minimum Gasteiger partial charge on any atom is -0.408 e. The van der Waals surface area contributed by atoms with Gasteiger partial charge in [0.05, 0.1) is 5.52 Å². The van der Waals surface area contributed by atoms with Gasteiger partial charge in [-0.25, -0.2) is 4.79 Å². The minimum atomic E-state index is -0.310. The number of aromatic nitrogens is 1. The van der Waals surface area contributed by atoms with Crippen LogP contribution >= 0.6 is 0 Å². The Hall–Kier alpha value is -1.59. The maximum atomic E-state index is 11.5. The van der Waals surface area contributed by atoms with Gasteiger partial charge in [0, 0.05) is 13.1 Å². The van der Waals surface area contributed by atoms with E-state index >= 15 is 0 Å². The molecule has 1 aliphatic heterocycles. The summed E-state index contributed by atoms with van der Waals surface area (Å²) in [7, 11) is 3.71. The van der Waals surface area contributed by atoms with Crippen molar-refractivity contribution in [2.24, 2.45) is 13.0 Å². The van der Waals surface area contributed by atoms with E-state index in [1.807, 2.05) is 19.2 Å². The normalized spacial score (nSPS) is 21.1. The van der Waals surface area contributed by atoms with Crippen molar-refractivity contribution in [1.29, 1.82) is 0 Å². The van der Waals surface area contributed by atoms with Gasteiger partial charge in [-0.05, 0) is 50.2 Å². The van der Waals surface area contributed by atoms with E-state index < -0.39 is 0 Å². The first-order valence-electron chi connectivity index (χ1n) is 6.68. The second-order valence-electron chi connectivity index (χ2n) is 5.17. The Morgan fingerprint density at radius 1 is 1.53 bits per heavy atom. The summed E-state index contributed by atoms with van der Waals surface area (Å²) < 4.78 is 6.79. The molecular formula is C14H19N3O2. The summed E-state index contributed by atoms with van der Waals surface area (Å²) >= 11 is 0. The highest BCUT2D eigenvalue weighted by Crippen LogP contribution is 2.28. The lowest BCUT2D eigenvalue weighted by Crippen LogP contribution is -2.26. The summed E-state index contributed by atoms with van der Waals surface area (Å²) in [5.41, 5.74) is 2.68. The number of aryl methyl sites for hydroxylation is 1. The largest absolute Gasteiger partial charge is 0.419 e. The van der Waals surface area contributed by atoms with E-state index in [0.29, 0.717) is 17.5 Å². The molecule has 1 saturated heterocycles. The Labute approximate surface area is 111 Å². The lowest BCUT2D eigenvalue weighted by Gasteiger charge is -2.22. The van der Waals surface area contributed by atoms with Gasteiger partial charge in [-0.2, -0.15) is 0 Å². The summed E-state index contributed by atoms with van der Waals surface area (Å²) in [5, 5.41) is 6.77. The summed E-state index contributed by atoms with van der Waals surface area (Å²) in [5.74, 6) is 0.272. The van der Waals surface area contributed by atoms with Crippen molar-refractivity contribution in [3.8, 4) is 0 Å². The van der Waals surface area contributed by atoms with Crippen LogP contribution in [-0.4, -0.2) is 24.7 Å². The Balaban J connectivity index is 2.01. The first-order valence-corrected chi connectivity index (χ1v) is 6.68. The van der Waals surface area contributed by atoms with Crippen molar-refractivity contribution < 1.29 is 4.42 Å². The Morgan fingerprint density at radius 2 is 2.37 bits per heavy atom. The van der Waals surface area contributed by atoms with Gasteiger partial charge >= 0.3 is 5.76 Å². The number of hydrogen-bond acceptors (Lipinski definition) is 4. The van der Waals surface area contributed by atoms with Crippen molar-refractivity contribution >= 4 is 11.1 Å². The average molecular weight is 261 g/mol. The SMILES string of the molecule is CNC(c1ccc2c(c1)oc(=O)n2C)C1CCNC1. The van der Waals surface area contributed by atoms with Gasteiger partial charge in [-0.3, -0.25) is 4.57 Å². The van der Waals surface area contributed by atoms with E-state index in [-0.39, 0.29) is 5.76 Å². The van der Waals surface area contributed by atoms with E-state index in [2.05, 4.69) is 16.7 Å². The van der Waals surface area contributed by atoms with Crippen LogP contribution in [0.2, 0.25) is 0 Å². The third-order valence-corrected chi connectivity index (χ3v) is 4.06. The summed E-state index contributed by atoms with van der Waals surface area (Å²) in [6.45, 7) is 2.10. The molecule has 2 atom stereocenters. The smallest absolute Gasteiger partial charge is 0.408 e. The molecule has 1 aliphatic rings. The van der Waals surface area contributed by atoms with Gasteiger partial charge in [0.25, 0.3) is 0 Å². The van der Waals surface area contributed by atoms with Gasteiger partial charge in [0.15, 0.2) is 5.58 Å². The predicted molar refractivity (Wildman–Crippen MR) is 74.2 cm³/mol. The molecule has 102 valence electrons. The van der Waals surface area contributed by atoms with Crippen molar-refractivity contribution in [2.75, 3.05) is 20.1 Å². The highest BCUT2D eigenvalue weighted by Gasteiger charge is 2.25.